The van der Waals surface area contributed by atoms with E-state index in [1.807, 2.05) is 36.4 Å². The molecule has 0 aromatic heterocycles. The van der Waals surface area contributed by atoms with E-state index in [2.05, 4.69) is 84.2 Å². The summed E-state index contributed by atoms with van der Waals surface area (Å²) in [6.07, 6.45) is 0. The zero-order valence-corrected chi connectivity index (χ0v) is 17.0. The van der Waals surface area contributed by atoms with Gasteiger partial charge in [-0.25, -0.2) is 0 Å². The highest BCUT2D eigenvalue weighted by Crippen LogP contribution is 2.35. The monoisotopic (exact) mass is 399 g/mol. The summed E-state index contributed by atoms with van der Waals surface area (Å²) in [6.45, 7) is 0.591. The molecular formula is C28H21N3. The highest BCUT2D eigenvalue weighted by molar-refractivity contribution is 6.01. The van der Waals surface area contributed by atoms with Crippen LogP contribution in [0.2, 0.25) is 0 Å². The maximum Gasteiger partial charge on any atom is 0.129 e. The Labute approximate surface area is 182 Å². The summed E-state index contributed by atoms with van der Waals surface area (Å²) in [7, 11) is 0. The second-order valence-electron chi connectivity index (χ2n) is 7.70. The molecule has 4 aromatic carbocycles. The number of nitriles is 1. The fraction of sp³-hybridized carbons (Fsp3) is 0.0714. The van der Waals surface area contributed by atoms with Gasteiger partial charge in [-0.1, -0.05) is 97.1 Å². The van der Waals surface area contributed by atoms with Gasteiger partial charge in [-0.3, -0.25) is 4.99 Å². The van der Waals surface area contributed by atoms with Crippen LogP contribution in [-0.4, -0.2) is 12.4 Å². The third-order valence-electron chi connectivity index (χ3n) is 5.82. The van der Waals surface area contributed by atoms with Crippen molar-refractivity contribution >= 4 is 5.84 Å². The Morgan fingerprint density at radius 1 is 0.677 bits per heavy atom. The molecule has 1 unspecified atom stereocenters. The molecule has 3 heteroatoms. The van der Waals surface area contributed by atoms with E-state index >= 15 is 0 Å². The third-order valence-corrected chi connectivity index (χ3v) is 5.82. The molecule has 31 heavy (non-hydrogen) atoms. The largest absolute Gasteiger partial charge is 0.355 e. The topological polar surface area (TPSA) is 48.2 Å². The van der Waals surface area contributed by atoms with Gasteiger partial charge in [-0.15, -0.1) is 0 Å². The van der Waals surface area contributed by atoms with Crippen molar-refractivity contribution in [2.24, 2.45) is 4.99 Å². The van der Waals surface area contributed by atoms with E-state index in [4.69, 9.17) is 4.99 Å². The molecule has 1 N–H and O–H groups in total. The van der Waals surface area contributed by atoms with E-state index in [1.54, 1.807) is 0 Å². The lowest BCUT2D eigenvalue weighted by Crippen LogP contribution is -2.44. The first-order chi connectivity index (χ1) is 15.3. The third kappa shape index (κ3) is 3.49. The molecule has 1 heterocycles. The van der Waals surface area contributed by atoms with Crippen LogP contribution in [0.15, 0.2) is 114 Å². The Bertz CT molecular complexity index is 1270. The van der Waals surface area contributed by atoms with E-state index in [1.165, 1.54) is 11.1 Å². The second-order valence-corrected chi connectivity index (χ2v) is 7.70. The van der Waals surface area contributed by atoms with Gasteiger partial charge in [0, 0.05) is 5.56 Å². The van der Waals surface area contributed by atoms with Gasteiger partial charge >= 0.3 is 0 Å². The van der Waals surface area contributed by atoms with E-state index in [9.17, 15) is 5.26 Å². The first-order valence-corrected chi connectivity index (χ1v) is 10.3. The summed E-state index contributed by atoms with van der Waals surface area (Å²) in [5.74, 6) is 0.813. The number of benzene rings is 4. The molecule has 1 atom stereocenters. The molecule has 1 aliphatic rings. The lowest BCUT2D eigenvalue weighted by atomic mass is 9.82. The molecule has 4 aromatic rings. The minimum Gasteiger partial charge on any atom is -0.355 e. The Balaban J connectivity index is 1.54. The van der Waals surface area contributed by atoms with Crippen LogP contribution in [0, 0.1) is 11.3 Å². The van der Waals surface area contributed by atoms with E-state index < -0.39 is 5.54 Å². The van der Waals surface area contributed by atoms with Crippen LogP contribution < -0.4 is 5.32 Å². The SMILES string of the molecule is N#Cc1cccc(C2=NCC(c3ccccc3)(c3ccc(-c4ccccc4)cc3)N2)c1. The molecule has 0 fully saturated rings. The lowest BCUT2D eigenvalue weighted by molar-refractivity contribution is 0.524. The number of rotatable bonds is 4. The summed E-state index contributed by atoms with van der Waals surface area (Å²) >= 11 is 0. The van der Waals surface area contributed by atoms with Gasteiger partial charge in [-0.05, 0) is 34.4 Å². The lowest BCUT2D eigenvalue weighted by Gasteiger charge is -2.31. The Morgan fingerprint density at radius 3 is 2.00 bits per heavy atom. The minimum atomic E-state index is -0.450. The first kappa shape index (κ1) is 18.8. The number of nitrogens with zero attached hydrogens (tertiary/aromatic N) is 2. The molecule has 0 spiro atoms. The van der Waals surface area contributed by atoms with Gasteiger partial charge in [0.05, 0.1) is 18.2 Å². The normalized spacial score (nSPS) is 17.5. The Hall–Kier alpha value is -4.16. The van der Waals surface area contributed by atoms with Crippen molar-refractivity contribution in [2.45, 2.75) is 5.54 Å². The van der Waals surface area contributed by atoms with Crippen molar-refractivity contribution in [1.29, 1.82) is 5.26 Å². The molecule has 0 saturated carbocycles. The molecule has 0 amide bonds. The number of amidine groups is 1. The van der Waals surface area contributed by atoms with Crippen molar-refractivity contribution in [3.8, 4) is 17.2 Å². The summed E-state index contributed by atoms with van der Waals surface area (Å²) in [5, 5.41) is 13.0. The fourth-order valence-electron chi connectivity index (χ4n) is 4.17. The van der Waals surface area contributed by atoms with Crippen molar-refractivity contribution in [3.05, 3.63) is 131 Å². The highest BCUT2D eigenvalue weighted by Gasteiger charge is 2.39. The zero-order valence-electron chi connectivity index (χ0n) is 17.0. The van der Waals surface area contributed by atoms with Crippen LogP contribution in [0.5, 0.6) is 0 Å². The predicted octanol–water partition coefficient (Wildman–Crippen LogP) is 5.52. The first-order valence-electron chi connectivity index (χ1n) is 10.3. The van der Waals surface area contributed by atoms with Crippen LogP contribution in [0.3, 0.4) is 0 Å². The number of hydrogen-bond acceptors (Lipinski definition) is 3. The average molecular weight is 399 g/mol. The molecule has 1 aliphatic heterocycles. The van der Waals surface area contributed by atoms with Crippen LogP contribution in [0.1, 0.15) is 22.3 Å². The van der Waals surface area contributed by atoms with Gasteiger partial charge in [-0.2, -0.15) is 5.26 Å². The maximum absolute atomic E-state index is 9.27. The summed E-state index contributed by atoms with van der Waals surface area (Å²) < 4.78 is 0. The standard InChI is InChI=1S/C28H21N3/c29-19-21-8-7-11-24(18-21)27-30-20-28(31-27,25-12-5-2-6-13-25)26-16-14-23(15-17-26)22-9-3-1-4-10-22/h1-18H,20H2,(H,30,31). The van der Waals surface area contributed by atoms with Crippen LogP contribution in [0.25, 0.3) is 11.1 Å². The Kier molecular flexibility index (Phi) is 4.82. The van der Waals surface area contributed by atoms with E-state index in [-0.39, 0.29) is 0 Å². The average Bonchev–Trinajstić information content (AvgIpc) is 3.32. The van der Waals surface area contributed by atoms with E-state index in [0.717, 1.165) is 22.5 Å². The summed E-state index contributed by atoms with van der Waals surface area (Å²) in [4.78, 5) is 4.86. The molecule has 0 radical (unpaired) electrons. The second kappa shape index (κ2) is 7.93. The van der Waals surface area contributed by atoms with Gasteiger partial charge in [0.25, 0.3) is 0 Å². The molecule has 148 valence electrons. The predicted molar refractivity (Wildman–Crippen MR) is 125 cm³/mol. The van der Waals surface area contributed by atoms with Crippen molar-refractivity contribution < 1.29 is 0 Å². The number of nitrogens with one attached hydrogen (secondary N) is 1. The number of hydrogen-bond donors (Lipinski definition) is 1. The van der Waals surface area contributed by atoms with Crippen LogP contribution in [-0.2, 0) is 5.54 Å². The van der Waals surface area contributed by atoms with Gasteiger partial charge in [0.2, 0.25) is 0 Å². The molecule has 0 bridgehead atoms. The summed E-state index contributed by atoms with van der Waals surface area (Å²) in [5.41, 5.74) is 5.82. The highest BCUT2D eigenvalue weighted by atomic mass is 15.1. The molecule has 0 saturated heterocycles. The van der Waals surface area contributed by atoms with Crippen LogP contribution in [0.4, 0.5) is 0 Å². The molecule has 5 rings (SSSR count). The van der Waals surface area contributed by atoms with Crippen molar-refractivity contribution in [1.82, 2.24) is 5.32 Å². The smallest absolute Gasteiger partial charge is 0.129 e. The van der Waals surface area contributed by atoms with Gasteiger partial charge in [0.1, 0.15) is 11.4 Å². The maximum atomic E-state index is 9.27. The van der Waals surface area contributed by atoms with Gasteiger partial charge < -0.3 is 5.32 Å². The van der Waals surface area contributed by atoms with E-state index in [0.29, 0.717) is 12.1 Å². The molecule has 0 aliphatic carbocycles. The molecule has 3 nitrogen and oxygen atoms in total. The summed E-state index contributed by atoms with van der Waals surface area (Å²) in [6, 6.07) is 39.3. The zero-order chi connectivity index (χ0) is 21.1. The van der Waals surface area contributed by atoms with Crippen molar-refractivity contribution in [2.75, 3.05) is 6.54 Å². The Morgan fingerprint density at radius 2 is 1.29 bits per heavy atom. The minimum absolute atomic E-state index is 0.450. The fourth-order valence-corrected chi connectivity index (χ4v) is 4.17. The quantitative estimate of drug-likeness (QED) is 0.491. The molecular weight excluding hydrogens is 378 g/mol. The van der Waals surface area contributed by atoms with Gasteiger partial charge in [0.15, 0.2) is 0 Å². The van der Waals surface area contributed by atoms with Crippen molar-refractivity contribution in [3.63, 3.8) is 0 Å². The number of aliphatic imine (C=N–C) groups is 1. The van der Waals surface area contributed by atoms with Crippen LogP contribution >= 0.6 is 0 Å².